The van der Waals surface area contributed by atoms with Gasteiger partial charge >= 0.3 is 0 Å². The largest absolute Gasteiger partial charge is 0.457 e. The molecule has 106 valence electrons. The van der Waals surface area contributed by atoms with Crippen molar-refractivity contribution in [3.63, 3.8) is 0 Å². The minimum absolute atomic E-state index is 0.595. The van der Waals surface area contributed by atoms with Gasteiger partial charge in [0.15, 0.2) is 0 Å². The highest BCUT2D eigenvalue weighted by molar-refractivity contribution is 5.35. The monoisotopic (exact) mass is 271 g/mol. The van der Waals surface area contributed by atoms with Crippen molar-refractivity contribution in [2.45, 2.75) is 20.1 Å². The van der Waals surface area contributed by atoms with Crippen molar-refractivity contribution >= 4 is 0 Å². The average molecular weight is 271 g/mol. The van der Waals surface area contributed by atoms with Crippen LogP contribution in [0.2, 0.25) is 0 Å². The van der Waals surface area contributed by atoms with E-state index in [1.165, 1.54) is 5.56 Å². The molecule has 0 aliphatic rings. The fourth-order valence-electron chi connectivity index (χ4n) is 1.99. The third kappa shape index (κ3) is 4.37. The summed E-state index contributed by atoms with van der Waals surface area (Å²) in [6, 6.07) is 16.1. The normalized spacial score (nSPS) is 10.5. The number of nitrogens with one attached hydrogen (secondary N) is 1. The van der Waals surface area contributed by atoms with Gasteiger partial charge in [-0.2, -0.15) is 0 Å². The lowest BCUT2D eigenvalue weighted by atomic mass is 10.2. The quantitative estimate of drug-likeness (QED) is 0.832. The van der Waals surface area contributed by atoms with Gasteiger partial charge in [0.25, 0.3) is 0 Å². The second-order valence-electron chi connectivity index (χ2n) is 4.61. The number of ether oxygens (including phenoxy) is 2. The summed E-state index contributed by atoms with van der Waals surface area (Å²) >= 11 is 0. The van der Waals surface area contributed by atoms with Crippen molar-refractivity contribution in [3.05, 3.63) is 59.7 Å². The molecule has 20 heavy (non-hydrogen) atoms. The SMILES string of the molecule is CCNCc1cccc(Oc2cccc(COC)c2)c1. The molecule has 0 radical (unpaired) electrons. The van der Waals surface area contributed by atoms with Crippen LogP contribution < -0.4 is 10.1 Å². The van der Waals surface area contributed by atoms with Crippen molar-refractivity contribution in [2.75, 3.05) is 13.7 Å². The second-order valence-corrected chi connectivity index (χ2v) is 4.61. The summed E-state index contributed by atoms with van der Waals surface area (Å²) in [5, 5.41) is 3.31. The van der Waals surface area contributed by atoms with Crippen molar-refractivity contribution < 1.29 is 9.47 Å². The van der Waals surface area contributed by atoms with E-state index < -0.39 is 0 Å². The number of hydrogen-bond donors (Lipinski definition) is 1. The number of benzene rings is 2. The highest BCUT2D eigenvalue weighted by Gasteiger charge is 2.00. The zero-order chi connectivity index (χ0) is 14.2. The molecule has 0 saturated carbocycles. The third-order valence-corrected chi connectivity index (χ3v) is 2.92. The third-order valence-electron chi connectivity index (χ3n) is 2.92. The molecule has 3 nitrogen and oxygen atoms in total. The molecule has 2 aromatic rings. The van der Waals surface area contributed by atoms with E-state index in [0.717, 1.165) is 30.2 Å². The Kier molecular flexibility index (Phi) is 5.59. The van der Waals surface area contributed by atoms with Gasteiger partial charge in [0.1, 0.15) is 11.5 Å². The molecule has 0 atom stereocenters. The fraction of sp³-hybridized carbons (Fsp3) is 0.294. The summed E-state index contributed by atoms with van der Waals surface area (Å²) in [7, 11) is 1.69. The van der Waals surface area contributed by atoms with Gasteiger partial charge in [-0.15, -0.1) is 0 Å². The Bertz CT molecular complexity index is 540. The van der Waals surface area contributed by atoms with Crippen LogP contribution in [0.5, 0.6) is 11.5 Å². The molecule has 2 rings (SSSR count). The van der Waals surface area contributed by atoms with Crippen LogP contribution in [0.4, 0.5) is 0 Å². The predicted octanol–water partition coefficient (Wildman–Crippen LogP) is 3.73. The lowest BCUT2D eigenvalue weighted by Crippen LogP contribution is -2.11. The Morgan fingerprint density at radius 1 is 0.950 bits per heavy atom. The molecule has 0 heterocycles. The fourth-order valence-corrected chi connectivity index (χ4v) is 1.99. The molecule has 0 unspecified atom stereocenters. The first-order chi connectivity index (χ1) is 9.81. The first-order valence-corrected chi connectivity index (χ1v) is 6.87. The molecule has 1 N–H and O–H groups in total. The van der Waals surface area contributed by atoms with Crippen molar-refractivity contribution in [2.24, 2.45) is 0 Å². The average Bonchev–Trinajstić information content (AvgIpc) is 2.46. The lowest BCUT2D eigenvalue weighted by molar-refractivity contribution is 0.184. The molecule has 0 saturated heterocycles. The zero-order valence-corrected chi connectivity index (χ0v) is 12.1. The van der Waals surface area contributed by atoms with Crippen molar-refractivity contribution in [3.8, 4) is 11.5 Å². The van der Waals surface area contributed by atoms with Gasteiger partial charge in [0.2, 0.25) is 0 Å². The van der Waals surface area contributed by atoms with E-state index >= 15 is 0 Å². The van der Waals surface area contributed by atoms with E-state index in [4.69, 9.17) is 9.47 Å². The van der Waals surface area contributed by atoms with E-state index in [1.807, 2.05) is 36.4 Å². The van der Waals surface area contributed by atoms with Crippen LogP contribution in [0, 0.1) is 0 Å². The Balaban J connectivity index is 2.07. The van der Waals surface area contributed by atoms with Gasteiger partial charge in [-0.25, -0.2) is 0 Å². The number of hydrogen-bond acceptors (Lipinski definition) is 3. The van der Waals surface area contributed by atoms with Gasteiger partial charge < -0.3 is 14.8 Å². The van der Waals surface area contributed by atoms with Gasteiger partial charge in [-0.3, -0.25) is 0 Å². The summed E-state index contributed by atoms with van der Waals surface area (Å²) in [5.41, 5.74) is 2.33. The molecule has 0 amide bonds. The molecular weight excluding hydrogens is 250 g/mol. The summed E-state index contributed by atoms with van der Waals surface area (Å²) < 4.78 is 11.0. The molecule has 0 aliphatic carbocycles. The molecule has 0 aromatic heterocycles. The van der Waals surface area contributed by atoms with E-state index in [1.54, 1.807) is 7.11 Å². The minimum Gasteiger partial charge on any atom is -0.457 e. The highest BCUT2D eigenvalue weighted by Crippen LogP contribution is 2.23. The van der Waals surface area contributed by atoms with Crippen LogP contribution in [0.1, 0.15) is 18.1 Å². The Hall–Kier alpha value is -1.84. The smallest absolute Gasteiger partial charge is 0.127 e. The standard InChI is InChI=1S/C17H21NO2/c1-3-18-12-14-6-4-8-16(10-14)20-17-9-5-7-15(11-17)13-19-2/h4-11,18H,3,12-13H2,1-2H3. The summed E-state index contributed by atoms with van der Waals surface area (Å²) in [6.07, 6.45) is 0. The van der Waals surface area contributed by atoms with Crippen LogP contribution in [-0.2, 0) is 17.9 Å². The Morgan fingerprint density at radius 2 is 1.60 bits per heavy atom. The number of methoxy groups -OCH3 is 1. The molecule has 0 fully saturated rings. The lowest BCUT2D eigenvalue weighted by Gasteiger charge is -2.09. The topological polar surface area (TPSA) is 30.5 Å². The van der Waals surface area contributed by atoms with E-state index in [2.05, 4.69) is 24.4 Å². The van der Waals surface area contributed by atoms with E-state index in [0.29, 0.717) is 6.61 Å². The number of rotatable bonds is 7. The maximum Gasteiger partial charge on any atom is 0.127 e. The predicted molar refractivity (Wildman–Crippen MR) is 81.1 cm³/mol. The maximum atomic E-state index is 5.90. The summed E-state index contributed by atoms with van der Waals surface area (Å²) in [6.45, 7) is 4.51. The van der Waals surface area contributed by atoms with E-state index in [9.17, 15) is 0 Å². The maximum absolute atomic E-state index is 5.90. The molecule has 0 aliphatic heterocycles. The van der Waals surface area contributed by atoms with Gasteiger partial charge in [0, 0.05) is 13.7 Å². The molecule has 2 aromatic carbocycles. The highest BCUT2D eigenvalue weighted by atomic mass is 16.5. The molecule has 3 heteroatoms. The molecule has 0 bridgehead atoms. The second kappa shape index (κ2) is 7.68. The van der Waals surface area contributed by atoms with Gasteiger partial charge in [-0.1, -0.05) is 31.2 Å². The van der Waals surface area contributed by atoms with Crippen LogP contribution in [0.3, 0.4) is 0 Å². The first-order valence-electron chi connectivity index (χ1n) is 6.87. The summed E-state index contributed by atoms with van der Waals surface area (Å²) in [4.78, 5) is 0. The minimum atomic E-state index is 0.595. The van der Waals surface area contributed by atoms with Crippen LogP contribution in [0.15, 0.2) is 48.5 Å². The Labute approximate surface area is 120 Å². The first kappa shape index (κ1) is 14.6. The van der Waals surface area contributed by atoms with Crippen molar-refractivity contribution in [1.29, 1.82) is 0 Å². The van der Waals surface area contributed by atoms with Crippen molar-refractivity contribution in [1.82, 2.24) is 5.32 Å². The van der Waals surface area contributed by atoms with Crippen LogP contribution >= 0.6 is 0 Å². The van der Waals surface area contributed by atoms with Gasteiger partial charge in [0.05, 0.1) is 6.61 Å². The van der Waals surface area contributed by atoms with Crippen LogP contribution in [-0.4, -0.2) is 13.7 Å². The van der Waals surface area contributed by atoms with Gasteiger partial charge in [-0.05, 0) is 41.9 Å². The zero-order valence-electron chi connectivity index (χ0n) is 12.1. The van der Waals surface area contributed by atoms with Crippen LogP contribution in [0.25, 0.3) is 0 Å². The Morgan fingerprint density at radius 3 is 2.25 bits per heavy atom. The molecular formula is C17H21NO2. The molecule has 0 spiro atoms. The van der Waals surface area contributed by atoms with E-state index in [-0.39, 0.29) is 0 Å². The summed E-state index contributed by atoms with van der Waals surface area (Å²) in [5.74, 6) is 1.69.